The van der Waals surface area contributed by atoms with Crippen LogP contribution in [0.25, 0.3) is 11.5 Å². The maximum absolute atomic E-state index is 13.4. The van der Waals surface area contributed by atoms with E-state index in [2.05, 4.69) is 37.0 Å². The molecule has 0 unspecified atom stereocenters. The van der Waals surface area contributed by atoms with Gasteiger partial charge in [0.1, 0.15) is 28.8 Å². The molecule has 0 saturated heterocycles. The number of nitrogens with zero attached hydrogens (tertiary/aromatic N) is 6. The van der Waals surface area contributed by atoms with Crippen molar-refractivity contribution in [3.63, 3.8) is 0 Å². The molecule has 5 heterocycles. The fourth-order valence-electron chi connectivity index (χ4n) is 5.17. The highest BCUT2D eigenvalue weighted by atomic mass is 16.5. The van der Waals surface area contributed by atoms with Crippen molar-refractivity contribution < 1.29 is 14.3 Å². The number of carbonyl (C=O) groups excluding carboxylic acids is 2. The Morgan fingerprint density at radius 2 is 1.95 bits per heavy atom. The molecular formula is C28H27N7O3. The van der Waals surface area contributed by atoms with Crippen LogP contribution < -0.4 is 10.1 Å². The molecule has 3 aromatic heterocycles. The zero-order valence-corrected chi connectivity index (χ0v) is 21.2. The van der Waals surface area contributed by atoms with E-state index in [9.17, 15) is 9.59 Å². The third-order valence-corrected chi connectivity index (χ3v) is 7.16. The number of ether oxygens (including phenoxy) is 1. The van der Waals surface area contributed by atoms with E-state index in [1.165, 1.54) is 0 Å². The SMILES string of the molecule is COc1cc2c(cc1C(=O)Nc1cccc(-c3nnc4n3[C@H](C)CC4)n1)CN(C(=O)c1ccccn1)CC2. The predicted octanol–water partition coefficient (Wildman–Crippen LogP) is 3.70. The smallest absolute Gasteiger partial charge is 0.272 e. The molecule has 0 saturated carbocycles. The Balaban J connectivity index is 1.25. The monoisotopic (exact) mass is 509 g/mol. The Hall–Kier alpha value is -4.60. The first kappa shape index (κ1) is 23.8. The minimum atomic E-state index is -0.345. The predicted molar refractivity (Wildman–Crippen MR) is 140 cm³/mol. The Labute approximate surface area is 219 Å². The van der Waals surface area contributed by atoms with Crippen molar-refractivity contribution in [3.05, 3.63) is 82.9 Å². The number of aryl methyl sites for hydroxylation is 1. The van der Waals surface area contributed by atoms with Gasteiger partial charge in [-0.3, -0.25) is 14.6 Å². The van der Waals surface area contributed by atoms with Crippen molar-refractivity contribution in [2.24, 2.45) is 0 Å². The summed E-state index contributed by atoms with van der Waals surface area (Å²) in [7, 11) is 1.55. The molecule has 192 valence electrons. The quantitative estimate of drug-likeness (QED) is 0.436. The van der Waals surface area contributed by atoms with Gasteiger partial charge in [-0.05, 0) is 67.3 Å². The number of methoxy groups -OCH3 is 1. The third-order valence-electron chi connectivity index (χ3n) is 7.16. The second kappa shape index (κ2) is 9.70. The zero-order valence-electron chi connectivity index (χ0n) is 21.2. The number of fused-ring (bicyclic) bond motifs is 2. The first-order valence-corrected chi connectivity index (χ1v) is 12.6. The van der Waals surface area contributed by atoms with Crippen LogP contribution in [0.3, 0.4) is 0 Å². The van der Waals surface area contributed by atoms with E-state index in [0.29, 0.717) is 59.9 Å². The lowest BCUT2D eigenvalue weighted by Crippen LogP contribution is -2.36. The number of rotatable bonds is 5. The molecule has 0 bridgehead atoms. The fraction of sp³-hybridized carbons (Fsp3) is 0.286. The van der Waals surface area contributed by atoms with Crippen molar-refractivity contribution in [1.82, 2.24) is 29.6 Å². The first-order chi connectivity index (χ1) is 18.5. The minimum absolute atomic E-state index is 0.131. The molecule has 0 fully saturated rings. The van der Waals surface area contributed by atoms with Crippen LogP contribution in [0.2, 0.25) is 0 Å². The lowest BCUT2D eigenvalue weighted by atomic mass is 9.96. The molecule has 0 spiro atoms. The van der Waals surface area contributed by atoms with Gasteiger partial charge in [0.25, 0.3) is 11.8 Å². The molecule has 10 heteroatoms. The van der Waals surface area contributed by atoms with E-state index < -0.39 is 0 Å². The van der Waals surface area contributed by atoms with Gasteiger partial charge in [-0.25, -0.2) is 4.98 Å². The highest BCUT2D eigenvalue weighted by molar-refractivity contribution is 6.06. The number of benzene rings is 1. The lowest BCUT2D eigenvalue weighted by molar-refractivity contribution is 0.0728. The number of pyridine rings is 2. The molecular weight excluding hydrogens is 482 g/mol. The fourth-order valence-corrected chi connectivity index (χ4v) is 5.17. The lowest BCUT2D eigenvalue weighted by Gasteiger charge is -2.29. The van der Waals surface area contributed by atoms with Crippen LogP contribution in [0.5, 0.6) is 5.75 Å². The number of hydrogen-bond donors (Lipinski definition) is 1. The van der Waals surface area contributed by atoms with E-state index in [4.69, 9.17) is 4.74 Å². The zero-order chi connectivity index (χ0) is 26.2. The molecule has 2 amide bonds. The molecule has 6 rings (SSSR count). The molecule has 38 heavy (non-hydrogen) atoms. The number of nitrogens with one attached hydrogen (secondary N) is 1. The molecule has 10 nitrogen and oxygen atoms in total. The number of amides is 2. The van der Waals surface area contributed by atoms with Gasteiger partial charge >= 0.3 is 0 Å². The topological polar surface area (TPSA) is 115 Å². The van der Waals surface area contributed by atoms with Gasteiger partial charge in [0.2, 0.25) is 0 Å². The molecule has 0 aliphatic carbocycles. The van der Waals surface area contributed by atoms with Gasteiger partial charge in [-0.15, -0.1) is 10.2 Å². The molecule has 1 aromatic carbocycles. The summed E-state index contributed by atoms with van der Waals surface area (Å²) in [4.78, 5) is 36.9. The Kier molecular flexibility index (Phi) is 6.07. The van der Waals surface area contributed by atoms with Crippen molar-refractivity contribution in [1.29, 1.82) is 0 Å². The summed E-state index contributed by atoms with van der Waals surface area (Å²) in [6.07, 6.45) is 4.19. The van der Waals surface area contributed by atoms with Crippen LogP contribution in [0.4, 0.5) is 5.82 Å². The van der Waals surface area contributed by atoms with Crippen LogP contribution in [0.1, 0.15) is 57.2 Å². The molecule has 1 N–H and O–H groups in total. The average molecular weight is 510 g/mol. The Morgan fingerprint density at radius 1 is 1.05 bits per heavy atom. The molecule has 2 aliphatic heterocycles. The number of carbonyl (C=O) groups is 2. The third kappa shape index (κ3) is 4.27. The number of aromatic nitrogens is 5. The largest absolute Gasteiger partial charge is 0.496 e. The summed E-state index contributed by atoms with van der Waals surface area (Å²) in [5.41, 5.74) is 3.39. The van der Waals surface area contributed by atoms with Gasteiger partial charge in [-0.2, -0.15) is 0 Å². The maximum Gasteiger partial charge on any atom is 0.272 e. The standard InChI is InChI=1S/C28H27N7O3/c1-17-9-10-25-32-33-26(35(17)25)21-7-5-8-24(30-21)31-27(36)20-14-19-16-34(13-11-18(19)15-23(20)38-2)28(37)22-6-3-4-12-29-22/h3-8,12,14-15,17H,9-11,13,16H2,1-2H3,(H,30,31,36)/t17-/m1/s1. The van der Waals surface area contributed by atoms with Gasteiger partial charge in [-0.1, -0.05) is 12.1 Å². The maximum atomic E-state index is 13.4. The molecule has 4 aromatic rings. The van der Waals surface area contributed by atoms with E-state index in [-0.39, 0.29) is 11.8 Å². The van der Waals surface area contributed by atoms with Gasteiger partial charge in [0.15, 0.2) is 5.82 Å². The van der Waals surface area contributed by atoms with Crippen LogP contribution in [0, 0.1) is 0 Å². The molecule has 2 aliphatic rings. The summed E-state index contributed by atoms with van der Waals surface area (Å²) >= 11 is 0. The van der Waals surface area contributed by atoms with E-state index in [1.54, 1.807) is 48.5 Å². The Bertz CT molecular complexity index is 1530. The molecule has 1 atom stereocenters. The van der Waals surface area contributed by atoms with Crippen LogP contribution in [0.15, 0.2) is 54.7 Å². The minimum Gasteiger partial charge on any atom is -0.496 e. The first-order valence-electron chi connectivity index (χ1n) is 12.6. The van der Waals surface area contributed by atoms with Gasteiger partial charge in [0, 0.05) is 31.7 Å². The van der Waals surface area contributed by atoms with E-state index in [0.717, 1.165) is 29.8 Å². The summed E-state index contributed by atoms with van der Waals surface area (Å²) in [5, 5.41) is 11.5. The number of hydrogen-bond acceptors (Lipinski definition) is 7. The summed E-state index contributed by atoms with van der Waals surface area (Å²) in [6, 6.07) is 14.7. The van der Waals surface area contributed by atoms with Crippen molar-refractivity contribution in [3.8, 4) is 17.3 Å². The molecule has 0 radical (unpaired) electrons. The summed E-state index contributed by atoms with van der Waals surface area (Å²) in [6.45, 7) is 3.10. The highest BCUT2D eigenvalue weighted by Crippen LogP contribution is 2.31. The van der Waals surface area contributed by atoms with E-state index >= 15 is 0 Å². The number of anilines is 1. The van der Waals surface area contributed by atoms with Crippen LogP contribution >= 0.6 is 0 Å². The van der Waals surface area contributed by atoms with E-state index in [1.807, 2.05) is 18.2 Å². The Morgan fingerprint density at radius 3 is 2.76 bits per heavy atom. The second-order valence-electron chi connectivity index (χ2n) is 9.57. The van der Waals surface area contributed by atoms with Crippen molar-refractivity contribution >= 4 is 17.6 Å². The van der Waals surface area contributed by atoms with Crippen molar-refractivity contribution in [2.45, 2.75) is 38.8 Å². The average Bonchev–Trinajstić information content (AvgIpc) is 3.55. The highest BCUT2D eigenvalue weighted by Gasteiger charge is 2.27. The normalized spacial score (nSPS) is 16.1. The van der Waals surface area contributed by atoms with Gasteiger partial charge in [0.05, 0.1) is 12.7 Å². The van der Waals surface area contributed by atoms with Crippen LogP contribution in [-0.4, -0.2) is 55.1 Å². The van der Waals surface area contributed by atoms with Gasteiger partial charge < -0.3 is 19.5 Å². The summed E-state index contributed by atoms with van der Waals surface area (Å²) in [5.74, 6) is 2.06. The van der Waals surface area contributed by atoms with Crippen molar-refractivity contribution in [2.75, 3.05) is 19.0 Å². The summed E-state index contributed by atoms with van der Waals surface area (Å²) < 4.78 is 7.67. The van der Waals surface area contributed by atoms with Crippen LogP contribution in [-0.2, 0) is 19.4 Å². The second-order valence-corrected chi connectivity index (χ2v) is 9.57.